The molecule has 2 rings (SSSR count). The van der Waals surface area contributed by atoms with E-state index in [0.717, 1.165) is 16.9 Å². The molecule has 0 radical (unpaired) electrons. The van der Waals surface area contributed by atoms with Crippen LogP contribution in [0.4, 0.5) is 0 Å². The zero-order valence-corrected chi connectivity index (χ0v) is 14.7. The second-order valence-electron chi connectivity index (χ2n) is 5.44. The van der Waals surface area contributed by atoms with Gasteiger partial charge in [0.1, 0.15) is 12.4 Å². The molecule has 3 nitrogen and oxygen atoms in total. The summed E-state index contributed by atoms with van der Waals surface area (Å²) in [6, 6.07) is 16.3. The fraction of sp³-hybridized carbons (Fsp3) is 0.333. The van der Waals surface area contributed by atoms with E-state index in [1.807, 2.05) is 62.4 Å². The van der Waals surface area contributed by atoms with Crippen LogP contribution in [-0.4, -0.2) is 19.8 Å². The van der Waals surface area contributed by atoms with Crippen molar-refractivity contribution >= 4 is 6.08 Å². The van der Waals surface area contributed by atoms with Crippen molar-refractivity contribution in [2.45, 2.75) is 27.1 Å². The lowest BCUT2D eigenvalue weighted by molar-refractivity contribution is -0.140. The summed E-state index contributed by atoms with van der Waals surface area (Å²) in [7, 11) is 0. The van der Waals surface area contributed by atoms with Crippen molar-refractivity contribution in [2.24, 2.45) is 0 Å². The standard InChI is InChI=1S/C21H26O3/c1-4-22-21(23-5-2)19-12-10-18(11-13-19)7-6-16-24-20-14-8-17(3)9-15-20/h6-15,21H,4-5,16H2,1-3H3. The van der Waals surface area contributed by atoms with Crippen molar-refractivity contribution in [3.05, 3.63) is 71.3 Å². The van der Waals surface area contributed by atoms with E-state index in [4.69, 9.17) is 14.2 Å². The largest absolute Gasteiger partial charge is 0.490 e. The van der Waals surface area contributed by atoms with E-state index < -0.39 is 0 Å². The van der Waals surface area contributed by atoms with E-state index in [1.165, 1.54) is 5.56 Å². The Bertz CT molecular complexity index is 609. The van der Waals surface area contributed by atoms with Crippen molar-refractivity contribution in [3.8, 4) is 5.75 Å². The fourth-order valence-electron chi connectivity index (χ4n) is 2.27. The summed E-state index contributed by atoms with van der Waals surface area (Å²) in [6.07, 6.45) is 3.77. The first-order valence-corrected chi connectivity index (χ1v) is 8.42. The van der Waals surface area contributed by atoms with Gasteiger partial charge >= 0.3 is 0 Å². The van der Waals surface area contributed by atoms with Crippen LogP contribution in [0.1, 0.15) is 36.8 Å². The van der Waals surface area contributed by atoms with Crippen molar-refractivity contribution < 1.29 is 14.2 Å². The maximum Gasteiger partial charge on any atom is 0.183 e. The maximum atomic E-state index is 5.68. The predicted octanol–water partition coefficient (Wildman–Crippen LogP) is 5.16. The van der Waals surface area contributed by atoms with Gasteiger partial charge in [-0.2, -0.15) is 0 Å². The fourth-order valence-corrected chi connectivity index (χ4v) is 2.27. The zero-order chi connectivity index (χ0) is 17.2. The first kappa shape index (κ1) is 18.2. The van der Waals surface area contributed by atoms with E-state index in [-0.39, 0.29) is 6.29 Å². The van der Waals surface area contributed by atoms with Gasteiger partial charge in [-0.05, 0) is 44.5 Å². The van der Waals surface area contributed by atoms with Crippen LogP contribution in [0.5, 0.6) is 5.75 Å². The first-order valence-electron chi connectivity index (χ1n) is 8.42. The van der Waals surface area contributed by atoms with Crippen LogP contribution in [0.3, 0.4) is 0 Å². The predicted molar refractivity (Wildman–Crippen MR) is 98.1 cm³/mol. The molecule has 24 heavy (non-hydrogen) atoms. The topological polar surface area (TPSA) is 27.7 Å². The van der Waals surface area contributed by atoms with Crippen molar-refractivity contribution in [2.75, 3.05) is 19.8 Å². The van der Waals surface area contributed by atoms with Crippen LogP contribution in [0.15, 0.2) is 54.6 Å². The minimum Gasteiger partial charge on any atom is -0.490 e. The van der Waals surface area contributed by atoms with E-state index in [0.29, 0.717) is 19.8 Å². The van der Waals surface area contributed by atoms with Crippen LogP contribution in [-0.2, 0) is 9.47 Å². The van der Waals surface area contributed by atoms with Crippen LogP contribution < -0.4 is 4.74 Å². The van der Waals surface area contributed by atoms with Gasteiger partial charge in [0.2, 0.25) is 0 Å². The van der Waals surface area contributed by atoms with Gasteiger partial charge < -0.3 is 14.2 Å². The Labute approximate surface area is 144 Å². The third-order valence-corrected chi connectivity index (χ3v) is 3.52. The molecule has 0 aliphatic rings. The lowest BCUT2D eigenvalue weighted by atomic mass is 10.1. The number of aryl methyl sites for hydroxylation is 1. The quantitative estimate of drug-likeness (QED) is 0.596. The molecule has 0 aliphatic carbocycles. The van der Waals surface area contributed by atoms with Gasteiger partial charge in [0.05, 0.1) is 0 Å². The molecule has 0 N–H and O–H groups in total. The molecule has 0 aliphatic heterocycles. The molecular formula is C21H26O3. The monoisotopic (exact) mass is 326 g/mol. The second-order valence-corrected chi connectivity index (χ2v) is 5.44. The molecule has 2 aromatic carbocycles. The molecule has 0 amide bonds. The van der Waals surface area contributed by atoms with Crippen molar-refractivity contribution in [1.82, 2.24) is 0 Å². The molecule has 0 bridgehead atoms. The van der Waals surface area contributed by atoms with E-state index in [2.05, 4.69) is 19.1 Å². The number of hydrogen-bond donors (Lipinski definition) is 0. The summed E-state index contributed by atoms with van der Waals surface area (Å²) < 4.78 is 16.9. The van der Waals surface area contributed by atoms with E-state index in [9.17, 15) is 0 Å². The molecule has 0 heterocycles. The van der Waals surface area contributed by atoms with Gasteiger partial charge in [0.15, 0.2) is 6.29 Å². The van der Waals surface area contributed by atoms with E-state index >= 15 is 0 Å². The molecular weight excluding hydrogens is 300 g/mol. The molecule has 0 atom stereocenters. The molecule has 128 valence electrons. The van der Waals surface area contributed by atoms with Crippen LogP contribution in [0.2, 0.25) is 0 Å². The number of benzene rings is 2. The molecule has 3 heteroatoms. The highest BCUT2D eigenvalue weighted by molar-refractivity contribution is 5.49. The Kier molecular flexibility index (Phi) is 7.53. The van der Waals surface area contributed by atoms with Crippen molar-refractivity contribution in [3.63, 3.8) is 0 Å². The summed E-state index contributed by atoms with van der Waals surface area (Å²) >= 11 is 0. The number of ether oxygens (including phenoxy) is 3. The Hall–Kier alpha value is -2.10. The van der Waals surface area contributed by atoms with Crippen molar-refractivity contribution in [1.29, 1.82) is 0 Å². The number of rotatable bonds is 9. The molecule has 0 saturated carbocycles. The SMILES string of the molecule is CCOC(OCC)c1ccc(C=CCOc2ccc(C)cc2)cc1. The van der Waals surface area contributed by atoms with E-state index in [1.54, 1.807) is 0 Å². The summed E-state index contributed by atoms with van der Waals surface area (Å²) in [6.45, 7) is 7.81. The Morgan fingerprint density at radius 1 is 0.875 bits per heavy atom. The van der Waals surface area contributed by atoms with Gasteiger partial charge in [-0.1, -0.05) is 48.0 Å². The van der Waals surface area contributed by atoms with Crippen LogP contribution in [0.25, 0.3) is 6.08 Å². The summed E-state index contributed by atoms with van der Waals surface area (Å²) in [5.41, 5.74) is 3.39. The highest BCUT2D eigenvalue weighted by atomic mass is 16.7. The summed E-state index contributed by atoms with van der Waals surface area (Å²) in [5, 5.41) is 0. The minimum absolute atomic E-state index is 0.289. The molecule has 0 aromatic heterocycles. The van der Waals surface area contributed by atoms with Gasteiger partial charge in [-0.25, -0.2) is 0 Å². The van der Waals surface area contributed by atoms with Crippen LogP contribution in [0, 0.1) is 6.92 Å². The first-order chi connectivity index (χ1) is 11.7. The van der Waals surface area contributed by atoms with Gasteiger partial charge in [-0.3, -0.25) is 0 Å². The minimum atomic E-state index is -0.289. The average Bonchev–Trinajstić information content (AvgIpc) is 2.61. The van der Waals surface area contributed by atoms with Gasteiger partial charge in [-0.15, -0.1) is 0 Å². The second kappa shape index (κ2) is 9.91. The molecule has 2 aromatic rings. The Morgan fingerprint density at radius 3 is 2.08 bits per heavy atom. The van der Waals surface area contributed by atoms with Crippen LogP contribution >= 0.6 is 0 Å². The lowest BCUT2D eigenvalue weighted by Gasteiger charge is -2.17. The highest BCUT2D eigenvalue weighted by Crippen LogP contribution is 2.20. The molecule has 0 spiro atoms. The highest BCUT2D eigenvalue weighted by Gasteiger charge is 2.10. The lowest BCUT2D eigenvalue weighted by Crippen LogP contribution is -2.08. The Balaban J connectivity index is 1.87. The average molecular weight is 326 g/mol. The smallest absolute Gasteiger partial charge is 0.183 e. The maximum absolute atomic E-state index is 5.68. The molecule has 0 unspecified atom stereocenters. The summed E-state index contributed by atoms with van der Waals surface area (Å²) in [4.78, 5) is 0. The third-order valence-electron chi connectivity index (χ3n) is 3.52. The summed E-state index contributed by atoms with van der Waals surface area (Å²) in [5.74, 6) is 0.886. The normalized spacial score (nSPS) is 11.3. The molecule has 0 fully saturated rings. The van der Waals surface area contributed by atoms with Gasteiger partial charge in [0, 0.05) is 18.8 Å². The third kappa shape index (κ3) is 5.84. The number of hydrogen-bond acceptors (Lipinski definition) is 3. The van der Waals surface area contributed by atoms with Gasteiger partial charge in [0.25, 0.3) is 0 Å². The zero-order valence-electron chi connectivity index (χ0n) is 14.7. The molecule has 0 saturated heterocycles. The Morgan fingerprint density at radius 2 is 1.50 bits per heavy atom.